The van der Waals surface area contributed by atoms with Gasteiger partial charge in [-0.25, -0.2) is 0 Å². The molecular formula is C26H14N4. The molecule has 1 aromatic carbocycles. The van der Waals surface area contributed by atoms with Crippen molar-refractivity contribution in [2.75, 3.05) is 0 Å². The first-order valence-corrected chi connectivity index (χ1v) is 9.15. The highest BCUT2D eigenvalue weighted by molar-refractivity contribution is 5.87. The molecule has 0 fully saturated rings. The lowest BCUT2D eigenvalue weighted by atomic mass is 9.91. The van der Waals surface area contributed by atoms with Gasteiger partial charge in [0.2, 0.25) is 0 Å². The molecule has 0 bridgehead atoms. The van der Waals surface area contributed by atoms with Crippen LogP contribution < -0.4 is 10.4 Å². The van der Waals surface area contributed by atoms with E-state index in [2.05, 4.69) is 11.8 Å². The maximum absolute atomic E-state index is 9.56. The Balaban J connectivity index is 2.31. The Morgan fingerprint density at radius 2 is 1.37 bits per heavy atom. The van der Waals surface area contributed by atoms with Crippen LogP contribution in [0.2, 0.25) is 0 Å². The van der Waals surface area contributed by atoms with Crippen LogP contribution in [0.15, 0.2) is 83.0 Å². The van der Waals surface area contributed by atoms with E-state index in [1.165, 1.54) is 0 Å². The van der Waals surface area contributed by atoms with Gasteiger partial charge >= 0.3 is 0 Å². The quantitative estimate of drug-likeness (QED) is 0.580. The molecule has 1 aromatic rings. The summed E-state index contributed by atoms with van der Waals surface area (Å²) in [4.78, 5) is 0. The first-order valence-electron chi connectivity index (χ1n) is 9.15. The van der Waals surface area contributed by atoms with E-state index in [1.807, 2.05) is 60.7 Å². The van der Waals surface area contributed by atoms with E-state index in [1.54, 1.807) is 24.3 Å². The fourth-order valence-electron chi connectivity index (χ4n) is 3.15. The molecule has 0 unspecified atom stereocenters. The van der Waals surface area contributed by atoms with E-state index in [-0.39, 0.29) is 11.1 Å². The Hall–Kier alpha value is -4.82. The maximum atomic E-state index is 9.56. The van der Waals surface area contributed by atoms with Crippen LogP contribution in [0.1, 0.15) is 12.8 Å². The van der Waals surface area contributed by atoms with Crippen LogP contribution in [0.3, 0.4) is 0 Å². The smallest absolute Gasteiger partial charge is 0.145 e. The Morgan fingerprint density at radius 3 is 1.90 bits per heavy atom. The third kappa shape index (κ3) is 4.19. The molecule has 0 aliphatic heterocycles. The molecule has 0 heterocycles. The number of hydrogen-bond donors (Lipinski definition) is 0. The lowest BCUT2D eigenvalue weighted by Crippen LogP contribution is -2.14. The molecular weight excluding hydrogens is 368 g/mol. The summed E-state index contributed by atoms with van der Waals surface area (Å²) >= 11 is 0. The SMILES string of the molecule is N#CC(C#N)=C(C#CC1=CC=CC1)C(C1=CC=CC1)=c1ccc(=C(C#N)C#N)cc1. The van der Waals surface area contributed by atoms with Gasteiger partial charge in [-0.1, -0.05) is 72.6 Å². The Morgan fingerprint density at radius 1 is 0.733 bits per heavy atom. The van der Waals surface area contributed by atoms with Crippen LogP contribution in [0, 0.1) is 57.2 Å². The number of benzene rings is 1. The van der Waals surface area contributed by atoms with Gasteiger partial charge in [0, 0.05) is 16.4 Å². The Kier molecular flexibility index (Phi) is 6.24. The second kappa shape index (κ2) is 9.40. The zero-order valence-electron chi connectivity index (χ0n) is 16.0. The summed E-state index contributed by atoms with van der Waals surface area (Å²) in [6, 6.07) is 14.6. The largest absolute Gasteiger partial charge is 0.192 e. The highest BCUT2D eigenvalue weighted by Crippen LogP contribution is 2.28. The first-order chi connectivity index (χ1) is 14.7. The molecule has 0 spiro atoms. The van der Waals surface area contributed by atoms with Crippen LogP contribution >= 0.6 is 0 Å². The molecule has 0 saturated carbocycles. The van der Waals surface area contributed by atoms with Crippen molar-refractivity contribution >= 4 is 11.1 Å². The van der Waals surface area contributed by atoms with Crippen LogP contribution in [-0.4, -0.2) is 0 Å². The van der Waals surface area contributed by atoms with Gasteiger partial charge in [-0.15, -0.1) is 0 Å². The lowest BCUT2D eigenvalue weighted by molar-refractivity contribution is 1.31. The summed E-state index contributed by atoms with van der Waals surface area (Å²) in [7, 11) is 0. The molecule has 0 radical (unpaired) electrons. The van der Waals surface area contributed by atoms with Crippen molar-refractivity contribution < 1.29 is 0 Å². The van der Waals surface area contributed by atoms with Crippen LogP contribution in [0.25, 0.3) is 11.1 Å². The lowest BCUT2D eigenvalue weighted by Gasteiger charge is -2.10. The minimum absolute atomic E-state index is 0.0239. The van der Waals surface area contributed by atoms with Crippen LogP contribution in [0.4, 0.5) is 0 Å². The van der Waals surface area contributed by atoms with Crippen molar-refractivity contribution in [2.24, 2.45) is 0 Å². The summed E-state index contributed by atoms with van der Waals surface area (Å²) in [5.41, 5.74) is 2.91. The van der Waals surface area contributed by atoms with Crippen molar-refractivity contribution in [3.8, 4) is 36.1 Å². The standard InChI is InChI=1S/C26H14N4/c27-15-23(16-28)20-10-12-22(13-11-20)26(21-7-3-4-8-21)25(24(17-29)18-30)14-9-19-5-1-2-6-19/h1-5,7,10-13H,6,8H2. The highest BCUT2D eigenvalue weighted by Gasteiger charge is 2.16. The number of hydrogen-bond acceptors (Lipinski definition) is 4. The second-order valence-corrected chi connectivity index (χ2v) is 6.42. The molecule has 4 heteroatoms. The average molecular weight is 382 g/mol. The monoisotopic (exact) mass is 382 g/mol. The molecule has 0 saturated heterocycles. The van der Waals surface area contributed by atoms with Gasteiger partial charge in [0.25, 0.3) is 0 Å². The summed E-state index contributed by atoms with van der Waals surface area (Å²) in [6.45, 7) is 0. The van der Waals surface area contributed by atoms with Crippen molar-refractivity contribution in [1.29, 1.82) is 21.0 Å². The van der Waals surface area contributed by atoms with E-state index in [9.17, 15) is 10.5 Å². The van der Waals surface area contributed by atoms with Gasteiger partial charge < -0.3 is 0 Å². The van der Waals surface area contributed by atoms with Crippen molar-refractivity contribution in [2.45, 2.75) is 12.8 Å². The number of allylic oxidation sites excluding steroid dienone is 10. The summed E-state index contributed by atoms with van der Waals surface area (Å²) in [6.07, 6.45) is 13.1. The minimum Gasteiger partial charge on any atom is -0.192 e. The zero-order chi connectivity index (χ0) is 21.3. The molecule has 30 heavy (non-hydrogen) atoms. The predicted octanol–water partition coefficient (Wildman–Crippen LogP) is 3.15. The predicted molar refractivity (Wildman–Crippen MR) is 113 cm³/mol. The van der Waals surface area contributed by atoms with Gasteiger partial charge in [0.15, 0.2) is 0 Å². The van der Waals surface area contributed by atoms with Crippen LogP contribution in [0.5, 0.6) is 0 Å². The number of nitrogens with zero attached hydrogens (tertiary/aromatic N) is 4. The fourth-order valence-corrected chi connectivity index (χ4v) is 3.15. The minimum atomic E-state index is -0.0535. The third-order valence-electron chi connectivity index (χ3n) is 4.62. The van der Waals surface area contributed by atoms with Gasteiger partial charge in [0.05, 0.1) is 5.57 Å². The summed E-state index contributed by atoms with van der Waals surface area (Å²) < 4.78 is 0. The molecule has 0 N–H and O–H groups in total. The molecule has 138 valence electrons. The van der Waals surface area contributed by atoms with Crippen molar-refractivity contribution in [1.82, 2.24) is 0 Å². The molecule has 2 aliphatic carbocycles. The zero-order valence-corrected chi connectivity index (χ0v) is 16.0. The molecule has 0 atom stereocenters. The molecule has 0 amide bonds. The highest BCUT2D eigenvalue weighted by atomic mass is 14.3. The number of rotatable bonds is 2. The van der Waals surface area contributed by atoms with E-state index >= 15 is 0 Å². The average Bonchev–Trinajstić information content (AvgIpc) is 3.49. The Bertz CT molecular complexity index is 1360. The van der Waals surface area contributed by atoms with E-state index in [0.717, 1.165) is 22.8 Å². The van der Waals surface area contributed by atoms with Gasteiger partial charge in [-0.3, -0.25) is 0 Å². The first kappa shape index (κ1) is 19.9. The fraction of sp³-hybridized carbons (Fsp3) is 0.0769. The molecule has 2 aliphatic rings. The van der Waals surface area contributed by atoms with Gasteiger partial charge in [-0.2, -0.15) is 21.0 Å². The second-order valence-electron chi connectivity index (χ2n) is 6.42. The molecule has 3 rings (SSSR count). The third-order valence-corrected chi connectivity index (χ3v) is 4.62. The molecule has 0 aromatic heterocycles. The van der Waals surface area contributed by atoms with Crippen LogP contribution in [-0.2, 0) is 0 Å². The Labute approximate surface area is 174 Å². The normalized spacial score (nSPS) is 12.8. The van der Waals surface area contributed by atoms with Crippen molar-refractivity contribution in [3.63, 3.8) is 0 Å². The van der Waals surface area contributed by atoms with E-state index in [4.69, 9.17) is 10.5 Å². The van der Waals surface area contributed by atoms with E-state index < -0.39 is 0 Å². The van der Waals surface area contributed by atoms with E-state index in [0.29, 0.717) is 22.8 Å². The molecule has 4 nitrogen and oxygen atoms in total. The topological polar surface area (TPSA) is 95.2 Å². The maximum Gasteiger partial charge on any atom is 0.145 e. The number of nitriles is 4. The van der Waals surface area contributed by atoms with Crippen molar-refractivity contribution in [3.05, 3.63) is 93.5 Å². The summed E-state index contributed by atoms with van der Waals surface area (Å²) in [5.74, 6) is 6.14. The summed E-state index contributed by atoms with van der Waals surface area (Å²) in [5, 5.41) is 38.6. The van der Waals surface area contributed by atoms with Gasteiger partial charge in [-0.05, 0) is 23.6 Å². The van der Waals surface area contributed by atoms with Gasteiger partial charge in [0.1, 0.15) is 35.4 Å².